The van der Waals surface area contributed by atoms with Crippen LogP contribution < -0.4 is 4.90 Å². The quantitative estimate of drug-likeness (QED) is 0.761. The maximum Gasteiger partial charge on any atom is 0.257 e. The third-order valence-electron chi connectivity index (χ3n) is 6.04. The summed E-state index contributed by atoms with van der Waals surface area (Å²) in [6.45, 7) is 11.7. The van der Waals surface area contributed by atoms with Crippen LogP contribution in [0.4, 0.5) is 5.82 Å². The predicted molar refractivity (Wildman–Crippen MR) is 120 cm³/mol. The largest absolute Gasteiger partial charge is 0.378 e. The average molecular weight is 409 g/mol. The molecule has 1 aromatic heterocycles. The normalized spacial score (nSPS) is 17.9. The second-order valence-corrected chi connectivity index (χ2v) is 8.12. The summed E-state index contributed by atoms with van der Waals surface area (Å²) in [5.41, 5.74) is 3.92. The Morgan fingerprint density at radius 2 is 1.73 bits per heavy atom. The summed E-state index contributed by atoms with van der Waals surface area (Å²) in [6.07, 6.45) is 1.15. The highest BCUT2D eigenvalue weighted by atomic mass is 16.5. The fourth-order valence-corrected chi connectivity index (χ4v) is 4.30. The molecule has 4 rings (SSSR count). The molecule has 0 bridgehead atoms. The number of rotatable bonds is 5. The molecule has 0 spiro atoms. The summed E-state index contributed by atoms with van der Waals surface area (Å²) in [5.74, 6) is 0.886. The molecular weight excluding hydrogens is 376 g/mol. The summed E-state index contributed by atoms with van der Waals surface area (Å²) in [5, 5.41) is 0. The molecule has 1 amide bonds. The molecule has 160 valence electrons. The zero-order chi connectivity index (χ0) is 20.9. The van der Waals surface area contributed by atoms with E-state index in [1.165, 1.54) is 5.56 Å². The second-order valence-electron chi connectivity index (χ2n) is 8.12. The lowest BCUT2D eigenvalue weighted by molar-refractivity contribution is 0.0636. The van der Waals surface area contributed by atoms with Gasteiger partial charge in [0.1, 0.15) is 5.82 Å². The third kappa shape index (κ3) is 4.50. The van der Waals surface area contributed by atoms with Crippen molar-refractivity contribution in [3.63, 3.8) is 0 Å². The third-order valence-corrected chi connectivity index (χ3v) is 6.04. The number of hydrogen-bond acceptors (Lipinski definition) is 5. The van der Waals surface area contributed by atoms with E-state index in [1.54, 1.807) is 0 Å². The number of benzene rings is 1. The standard InChI is InChI=1S/C24H32N4O2/c1-3-10-26-11-13-28(14-12-26)24(29)21-8-9-22(20-7-5-4-6-19(20)2)25-23(21)27-15-17-30-18-16-27/h4-9H,3,10-18H2,1-2H3. The van der Waals surface area contributed by atoms with E-state index in [-0.39, 0.29) is 5.91 Å². The first-order valence-corrected chi connectivity index (χ1v) is 11.1. The Morgan fingerprint density at radius 1 is 1.00 bits per heavy atom. The number of carbonyl (C=O) groups excluding carboxylic acids is 1. The molecule has 0 unspecified atom stereocenters. The lowest BCUT2D eigenvalue weighted by atomic mass is 10.0. The molecule has 2 aliphatic heterocycles. The van der Waals surface area contributed by atoms with Crippen molar-refractivity contribution in [2.45, 2.75) is 20.3 Å². The molecule has 3 heterocycles. The van der Waals surface area contributed by atoms with E-state index in [1.807, 2.05) is 29.2 Å². The monoisotopic (exact) mass is 408 g/mol. The first-order valence-electron chi connectivity index (χ1n) is 11.1. The zero-order valence-corrected chi connectivity index (χ0v) is 18.1. The Bertz CT molecular complexity index is 871. The van der Waals surface area contributed by atoms with Crippen LogP contribution in [0.1, 0.15) is 29.3 Å². The van der Waals surface area contributed by atoms with E-state index < -0.39 is 0 Å². The number of ether oxygens (including phenoxy) is 1. The molecule has 1 aromatic carbocycles. The van der Waals surface area contributed by atoms with Crippen LogP contribution in [0.3, 0.4) is 0 Å². The molecule has 2 aliphatic rings. The van der Waals surface area contributed by atoms with Gasteiger partial charge in [-0.2, -0.15) is 0 Å². The summed E-state index contributed by atoms with van der Waals surface area (Å²) < 4.78 is 5.54. The number of piperazine rings is 1. The minimum Gasteiger partial charge on any atom is -0.378 e. The van der Waals surface area contributed by atoms with Crippen LogP contribution >= 0.6 is 0 Å². The van der Waals surface area contributed by atoms with Gasteiger partial charge in [-0.15, -0.1) is 0 Å². The summed E-state index contributed by atoms with van der Waals surface area (Å²) in [4.78, 5) is 25.1. The van der Waals surface area contributed by atoms with Gasteiger partial charge in [-0.3, -0.25) is 9.69 Å². The lowest BCUT2D eigenvalue weighted by Crippen LogP contribution is -2.49. The molecule has 0 atom stereocenters. The molecule has 30 heavy (non-hydrogen) atoms. The minimum absolute atomic E-state index is 0.0940. The zero-order valence-electron chi connectivity index (χ0n) is 18.1. The van der Waals surface area contributed by atoms with Gasteiger partial charge in [-0.25, -0.2) is 4.98 Å². The second kappa shape index (κ2) is 9.58. The Morgan fingerprint density at radius 3 is 2.43 bits per heavy atom. The molecule has 6 nitrogen and oxygen atoms in total. The van der Waals surface area contributed by atoms with E-state index in [2.05, 4.69) is 35.8 Å². The number of nitrogens with zero attached hydrogens (tertiary/aromatic N) is 4. The van der Waals surface area contributed by atoms with Crippen molar-refractivity contribution in [2.75, 3.05) is 63.9 Å². The fourth-order valence-electron chi connectivity index (χ4n) is 4.30. The molecule has 6 heteroatoms. The minimum atomic E-state index is 0.0940. The van der Waals surface area contributed by atoms with Crippen LogP contribution in [0.25, 0.3) is 11.3 Å². The van der Waals surface area contributed by atoms with Crippen LogP contribution in [-0.4, -0.2) is 79.7 Å². The van der Waals surface area contributed by atoms with Gasteiger partial charge in [-0.1, -0.05) is 31.2 Å². The Hall–Kier alpha value is -2.44. The van der Waals surface area contributed by atoms with E-state index in [0.717, 1.165) is 69.3 Å². The molecule has 2 aromatic rings. The van der Waals surface area contributed by atoms with Crippen molar-refractivity contribution in [3.8, 4) is 11.3 Å². The van der Waals surface area contributed by atoms with Crippen LogP contribution in [0.2, 0.25) is 0 Å². The Kier molecular flexibility index (Phi) is 6.65. The van der Waals surface area contributed by atoms with Gasteiger partial charge >= 0.3 is 0 Å². The van der Waals surface area contributed by atoms with Crippen LogP contribution in [0.15, 0.2) is 36.4 Å². The first kappa shape index (κ1) is 20.8. The summed E-state index contributed by atoms with van der Waals surface area (Å²) in [6, 6.07) is 12.2. The highest BCUT2D eigenvalue weighted by Gasteiger charge is 2.27. The topological polar surface area (TPSA) is 48.9 Å². The van der Waals surface area contributed by atoms with Crippen molar-refractivity contribution >= 4 is 11.7 Å². The number of morpholine rings is 1. The number of hydrogen-bond donors (Lipinski definition) is 0. The SMILES string of the molecule is CCCN1CCN(C(=O)c2ccc(-c3ccccc3C)nc2N2CCOCC2)CC1. The number of anilines is 1. The molecule has 2 fully saturated rings. The molecule has 0 aliphatic carbocycles. The van der Waals surface area contributed by atoms with Crippen molar-refractivity contribution in [3.05, 3.63) is 47.5 Å². The molecule has 0 radical (unpaired) electrons. The van der Waals surface area contributed by atoms with Crippen LogP contribution in [0.5, 0.6) is 0 Å². The molecule has 0 N–H and O–H groups in total. The highest BCUT2D eigenvalue weighted by Crippen LogP contribution is 2.28. The van der Waals surface area contributed by atoms with Crippen LogP contribution in [0, 0.1) is 6.92 Å². The van der Waals surface area contributed by atoms with Gasteiger partial charge in [0.15, 0.2) is 0 Å². The molecule has 2 saturated heterocycles. The summed E-state index contributed by atoms with van der Waals surface area (Å²) in [7, 11) is 0. The predicted octanol–water partition coefficient (Wildman–Crippen LogP) is 3.06. The van der Waals surface area contributed by atoms with Crippen molar-refractivity contribution in [1.29, 1.82) is 0 Å². The van der Waals surface area contributed by atoms with Gasteiger partial charge in [0.2, 0.25) is 0 Å². The number of aryl methyl sites for hydroxylation is 1. The van der Waals surface area contributed by atoms with Crippen molar-refractivity contribution in [1.82, 2.24) is 14.8 Å². The van der Waals surface area contributed by atoms with E-state index >= 15 is 0 Å². The van der Waals surface area contributed by atoms with Gasteiger partial charge in [0.05, 0.1) is 24.5 Å². The van der Waals surface area contributed by atoms with Gasteiger partial charge < -0.3 is 14.5 Å². The molecular formula is C24H32N4O2. The maximum atomic E-state index is 13.5. The van der Waals surface area contributed by atoms with E-state index in [0.29, 0.717) is 18.8 Å². The highest BCUT2D eigenvalue weighted by molar-refractivity contribution is 5.99. The van der Waals surface area contributed by atoms with Gasteiger partial charge in [0, 0.05) is 44.8 Å². The van der Waals surface area contributed by atoms with Crippen molar-refractivity contribution in [2.24, 2.45) is 0 Å². The van der Waals surface area contributed by atoms with Crippen LogP contribution in [-0.2, 0) is 4.74 Å². The average Bonchev–Trinajstić information content (AvgIpc) is 2.80. The maximum absolute atomic E-state index is 13.5. The van der Waals surface area contributed by atoms with Crippen molar-refractivity contribution < 1.29 is 9.53 Å². The van der Waals surface area contributed by atoms with Gasteiger partial charge in [0.25, 0.3) is 5.91 Å². The summed E-state index contributed by atoms with van der Waals surface area (Å²) >= 11 is 0. The number of pyridine rings is 1. The first-order chi connectivity index (χ1) is 14.7. The smallest absolute Gasteiger partial charge is 0.257 e. The number of amides is 1. The van der Waals surface area contributed by atoms with Gasteiger partial charge in [-0.05, 0) is 37.6 Å². The Labute approximate surface area is 179 Å². The number of carbonyl (C=O) groups is 1. The molecule has 0 saturated carbocycles. The number of aromatic nitrogens is 1. The Balaban J connectivity index is 1.63. The van der Waals surface area contributed by atoms with E-state index in [4.69, 9.17) is 9.72 Å². The van der Waals surface area contributed by atoms with E-state index in [9.17, 15) is 4.79 Å². The fraction of sp³-hybridized carbons (Fsp3) is 0.500. The lowest BCUT2D eigenvalue weighted by Gasteiger charge is -2.36.